The molecule has 0 saturated carbocycles. The Hall–Kier alpha value is -2.07. The standard InChI is InChI=1S/C17H18N2OS/c1-3-15(12-4-7-14(20)8-5-12)19-13-6-9-16-17(10-13)21-11(2)18-16/h4-10,15,19-20H,3H2,1-2H3. The molecule has 1 unspecified atom stereocenters. The summed E-state index contributed by atoms with van der Waals surface area (Å²) in [6.45, 7) is 4.18. The normalized spacial score (nSPS) is 12.5. The van der Waals surface area contributed by atoms with Crippen molar-refractivity contribution in [3.8, 4) is 5.75 Å². The number of aryl methyl sites for hydroxylation is 1. The highest BCUT2D eigenvalue weighted by molar-refractivity contribution is 7.18. The lowest BCUT2D eigenvalue weighted by Crippen LogP contribution is -2.09. The fraction of sp³-hybridized carbons (Fsp3) is 0.235. The molecule has 0 spiro atoms. The average Bonchev–Trinajstić information content (AvgIpc) is 2.85. The molecule has 0 fully saturated rings. The van der Waals surface area contributed by atoms with E-state index in [0.29, 0.717) is 5.75 Å². The number of nitrogens with zero attached hydrogens (tertiary/aromatic N) is 1. The van der Waals surface area contributed by atoms with E-state index < -0.39 is 0 Å². The third kappa shape index (κ3) is 3.00. The first-order valence-electron chi connectivity index (χ1n) is 7.08. The lowest BCUT2D eigenvalue weighted by Gasteiger charge is -2.19. The van der Waals surface area contributed by atoms with Gasteiger partial charge in [-0.15, -0.1) is 11.3 Å². The van der Waals surface area contributed by atoms with Crippen molar-refractivity contribution in [3.05, 3.63) is 53.0 Å². The summed E-state index contributed by atoms with van der Waals surface area (Å²) in [5, 5.41) is 14.0. The van der Waals surface area contributed by atoms with E-state index in [2.05, 4.69) is 35.4 Å². The molecule has 3 nitrogen and oxygen atoms in total. The van der Waals surface area contributed by atoms with E-state index in [1.54, 1.807) is 23.5 Å². The van der Waals surface area contributed by atoms with Gasteiger partial charge in [0.05, 0.1) is 21.3 Å². The third-order valence-corrected chi connectivity index (χ3v) is 4.47. The summed E-state index contributed by atoms with van der Waals surface area (Å²) in [5.74, 6) is 0.301. The Balaban J connectivity index is 1.86. The first-order chi connectivity index (χ1) is 10.2. The maximum absolute atomic E-state index is 9.40. The fourth-order valence-electron chi connectivity index (χ4n) is 2.46. The maximum atomic E-state index is 9.40. The summed E-state index contributed by atoms with van der Waals surface area (Å²) < 4.78 is 1.21. The monoisotopic (exact) mass is 298 g/mol. The van der Waals surface area contributed by atoms with Crippen LogP contribution in [0, 0.1) is 6.92 Å². The van der Waals surface area contributed by atoms with Crippen LogP contribution in [0.1, 0.15) is 30.0 Å². The largest absolute Gasteiger partial charge is 0.508 e. The van der Waals surface area contributed by atoms with Crippen LogP contribution in [-0.2, 0) is 0 Å². The van der Waals surface area contributed by atoms with Crippen LogP contribution in [0.2, 0.25) is 0 Å². The number of benzene rings is 2. The predicted molar refractivity (Wildman–Crippen MR) is 89.1 cm³/mol. The molecule has 21 heavy (non-hydrogen) atoms. The Morgan fingerprint density at radius 3 is 2.67 bits per heavy atom. The van der Waals surface area contributed by atoms with Gasteiger partial charge in [0.15, 0.2) is 0 Å². The summed E-state index contributed by atoms with van der Waals surface area (Å²) in [4.78, 5) is 4.48. The van der Waals surface area contributed by atoms with Crippen LogP contribution in [0.15, 0.2) is 42.5 Å². The number of phenolic OH excluding ortho intramolecular Hbond substituents is 1. The molecule has 2 aromatic carbocycles. The van der Waals surface area contributed by atoms with Crippen LogP contribution in [0.25, 0.3) is 10.2 Å². The minimum absolute atomic E-state index is 0.233. The van der Waals surface area contributed by atoms with Gasteiger partial charge >= 0.3 is 0 Å². The lowest BCUT2D eigenvalue weighted by molar-refractivity contribution is 0.475. The highest BCUT2D eigenvalue weighted by atomic mass is 32.1. The second-order valence-corrected chi connectivity index (χ2v) is 6.35. The maximum Gasteiger partial charge on any atom is 0.115 e. The molecule has 1 atom stereocenters. The molecule has 1 aromatic heterocycles. The molecule has 4 heteroatoms. The summed E-state index contributed by atoms with van der Waals surface area (Å²) in [6, 6.07) is 13.9. The lowest BCUT2D eigenvalue weighted by atomic mass is 10.0. The summed E-state index contributed by atoms with van der Waals surface area (Å²) in [5.41, 5.74) is 3.34. The first-order valence-corrected chi connectivity index (χ1v) is 7.90. The Bertz CT molecular complexity index is 749. The van der Waals surface area contributed by atoms with Gasteiger partial charge in [0.1, 0.15) is 5.75 Å². The zero-order valence-corrected chi connectivity index (χ0v) is 12.9. The number of aromatic hydroxyl groups is 1. The topological polar surface area (TPSA) is 45.2 Å². The average molecular weight is 298 g/mol. The van der Waals surface area contributed by atoms with Crippen molar-refractivity contribution in [2.75, 3.05) is 5.32 Å². The molecule has 0 radical (unpaired) electrons. The molecular weight excluding hydrogens is 280 g/mol. The number of fused-ring (bicyclic) bond motifs is 1. The summed E-state index contributed by atoms with van der Waals surface area (Å²) in [7, 11) is 0. The highest BCUT2D eigenvalue weighted by Gasteiger charge is 2.10. The third-order valence-electron chi connectivity index (χ3n) is 3.54. The molecule has 0 aliphatic heterocycles. The van der Waals surface area contributed by atoms with Crippen molar-refractivity contribution in [3.63, 3.8) is 0 Å². The number of anilines is 1. The number of nitrogens with one attached hydrogen (secondary N) is 1. The molecule has 0 aliphatic rings. The van der Waals surface area contributed by atoms with E-state index in [-0.39, 0.29) is 6.04 Å². The van der Waals surface area contributed by atoms with E-state index in [1.165, 1.54) is 10.3 Å². The minimum Gasteiger partial charge on any atom is -0.508 e. The van der Waals surface area contributed by atoms with Gasteiger partial charge in [0, 0.05) is 5.69 Å². The highest BCUT2D eigenvalue weighted by Crippen LogP contribution is 2.28. The zero-order valence-electron chi connectivity index (χ0n) is 12.1. The van der Waals surface area contributed by atoms with Gasteiger partial charge in [-0.1, -0.05) is 19.1 Å². The zero-order chi connectivity index (χ0) is 14.8. The van der Waals surface area contributed by atoms with Gasteiger partial charge in [-0.25, -0.2) is 4.98 Å². The SMILES string of the molecule is CCC(Nc1ccc2nc(C)sc2c1)c1ccc(O)cc1. The van der Waals surface area contributed by atoms with Crippen molar-refractivity contribution in [1.82, 2.24) is 4.98 Å². The van der Waals surface area contributed by atoms with Gasteiger partial charge in [-0.2, -0.15) is 0 Å². The smallest absolute Gasteiger partial charge is 0.115 e. The molecule has 3 aromatic rings. The van der Waals surface area contributed by atoms with Crippen molar-refractivity contribution < 1.29 is 5.11 Å². The van der Waals surface area contributed by atoms with Crippen LogP contribution in [0.3, 0.4) is 0 Å². The molecule has 0 aliphatic carbocycles. The van der Waals surface area contributed by atoms with Crippen molar-refractivity contribution in [1.29, 1.82) is 0 Å². The van der Waals surface area contributed by atoms with Crippen molar-refractivity contribution >= 4 is 27.2 Å². The number of phenols is 1. The molecule has 2 N–H and O–H groups in total. The van der Waals surface area contributed by atoms with E-state index in [9.17, 15) is 5.11 Å². The summed E-state index contributed by atoms with van der Waals surface area (Å²) in [6.07, 6.45) is 0.977. The molecule has 0 bridgehead atoms. The van der Waals surface area contributed by atoms with E-state index >= 15 is 0 Å². The second kappa shape index (κ2) is 5.74. The Morgan fingerprint density at radius 2 is 1.95 bits per heavy atom. The molecule has 3 rings (SSSR count). The number of aromatic nitrogens is 1. The van der Waals surface area contributed by atoms with Crippen molar-refractivity contribution in [2.24, 2.45) is 0 Å². The number of rotatable bonds is 4. The van der Waals surface area contributed by atoms with Crippen LogP contribution < -0.4 is 5.32 Å². The van der Waals surface area contributed by atoms with Gasteiger partial charge in [-0.3, -0.25) is 0 Å². The van der Waals surface area contributed by atoms with Gasteiger partial charge < -0.3 is 10.4 Å². The Morgan fingerprint density at radius 1 is 1.19 bits per heavy atom. The second-order valence-electron chi connectivity index (χ2n) is 5.11. The van der Waals surface area contributed by atoms with Crippen LogP contribution in [-0.4, -0.2) is 10.1 Å². The molecule has 0 amide bonds. The van der Waals surface area contributed by atoms with E-state index in [0.717, 1.165) is 22.6 Å². The van der Waals surface area contributed by atoms with Crippen molar-refractivity contribution in [2.45, 2.75) is 26.3 Å². The molecule has 1 heterocycles. The van der Waals surface area contributed by atoms with Crippen LogP contribution in [0.5, 0.6) is 5.75 Å². The predicted octanol–water partition coefficient (Wildman–Crippen LogP) is 4.87. The molecular formula is C17H18N2OS. The molecule has 108 valence electrons. The molecule has 0 saturated heterocycles. The van der Waals surface area contributed by atoms with Crippen LogP contribution >= 0.6 is 11.3 Å². The van der Waals surface area contributed by atoms with Gasteiger partial charge in [-0.05, 0) is 49.2 Å². The van der Waals surface area contributed by atoms with Gasteiger partial charge in [0.25, 0.3) is 0 Å². The Labute approximate surface area is 128 Å². The Kier molecular flexibility index (Phi) is 3.80. The minimum atomic E-state index is 0.233. The fourth-order valence-corrected chi connectivity index (χ4v) is 3.32. The van der Waals surface area contributed by atoms with E-state index in [1.807, 2.05) is 19.1 Å². The number of thiazole rings is 1. The summed E-state index contributed by atoms with van der Waals surface area (Å²) >= 11 is 1.71. The quantitative estimate of drug-likeness (QED) is 0.722. The van der Waals surface area contributed by atoms with Gasteiger partial charge in [0.2, 0.25) is 0 Å². The first kappa shape index (κ1) is 13.9. The van der Waals surface area contributed by atoms with Crippen LogP contribution in [0.4, 0.5) is 5.69 Å². The number of hydrogen-bond acceptors (Lipinski definition) is 4. The van der Waals surface area contributed by atoms with E-state index in [4.69, 9.17) is 0 Å². The number of hydrogen-bond donors (Lipinski definition) is 2.